The second-order valence-electron chi connectivity index (χ2n) is 6.43. The Labute approximate surface area is 159 Å². The van der Waals surface area contributed by atoms with Crippen molar-refractivity contribution in [3.05, 3.63) is 70.8 Å². The molecule has 0 radical (unpaired) electrons. The molecule has 0 bridgehead atoms. The summed E-state index contributed by atoms with van der Waals surface area (Å²) in [6, 6.07) is 10.6. The smallest absolute Gasteiger partial charge is 0.348 e. The van der Waals surface area contributed by atoms with Gasteiger partial charge in [-0.15, -0.1) is 0 Å². The van der Waals surface area contributed by atoms with Crippen LogP contribution in [0.5, 0.6) is 0 Å². The molecule has 2 atom stereocenters. The largest absolute Gasteiger partial charge is 0.479 e. The first-order chi connectivity index (χ1) is 13.0. The number of hydrogen-bond donors (Lipinski definition) is 4. The maximum atomic E-state index is 12.8. The Balaban J connectivity index is 2.74. The Bertz CT molecular complexity index is 900. The van der Waals surface area contributed by atoms with Gasteiger partial charge in [0, 0.05) is 11.1 Å². The number of aliphatic hydroxyl groups is 2. The summed E-state index contributed by atoms with van der Waals surface area (Å²) in [5, 5.41) is 40.4. The average Bonchev–Trinajstić information content (AvgIpc) is 2.65. The zero-order valence-electron chi connectivity index (χ0n) is 15.0. The van der Waals surface area contributed by atoms with Crippen LogP contribution in [0.25, 0.3) is 0 Å². The van der Waals surface area contributed by atoms with E-state index in [1.54, 1.807) is 26.0 Å². The van der Waals surface area contributed by atoms with Crippen molar-refractivity contribution in [2.45, 2.75) is 25.0 Å². The lowest BCUT2D eigenvalue weighted by atomic mass is 9.73. The molecule has 0 aliphatic heterocycles. The molecule has 0 unspecified atom stereocenters. The summed E-state index contributed by atoms with van der Waals surface area (Å²) in [6.07, 6.45) is 0. The second kappa shape index (κ2) is 7.34. The second-order valence-corrected chi connectivity index (χ2v) is 6.43. The number of rotatable bonds is 7. The van der Waals surface area contributed by atoms with E-state index in [2.05, 4.69) is 0 Å². The zero-order chi connectivity index (χ0) is 21.3. The van der Waals surface area contributed by atoms with Gasteiger partial charge in [0.2, 0.25) is 11.6 Å². The number of carbonyl (C=O) groups excluding carboxylic acids is 2. The third-order valence-corrected chi connectivity index (χ3v) is 4.36. The highest BCUT2D eigenvalue weighted by atomic mass is 16.5. The van der Waals surface area contributed by atoms with Crippen LogP contribution in [0.3, 0.4) is 0 Å². The van der Waals surface area contributed by atoms with Crippen molar-refractivity contribution in [3.63, 3.8) is 0 Å². The maximum absolute atomic E-state index is 12.8. The summed E-state index contributed by atoms with van der Waals surface area (Å²) < 4.78 is 0. The fraction of sp³-hybridized carbons (Fsp3) is 0.200. The number of carboxylic acid groups (broad SMARTS) is 2. The lowest BCUT2D eigenvalue weighted by Crippen LogP contribution is -2.71. The molecule has 0 fully saturated rings. The molecule has 2 aromatic rings. The molecule has 0 heterocycles. The highest BCUT2D eigenvalue weighted by molar-refractivity contribution is 6.28. The minimum Gasteiger partial charge on any atom is -0.479 e. The number of hydrogen-bond acceptors (Lipinski definition) is 6. The highest BCUT2D eigenvalue weighted by Crippen LogP contribution is 2.32. The van der Waals surface area contributed by atoms with Crippen LogP contribution in [-0.4, -0.2) is 55.1 Å². The molecule has 8 heteroatoms. The first kappa shape index (κ1) is 20.9. The minimum absolute atomic E-state index is 0.374. The van der Waals surface area contributed by atoms with Crippen LogP contribution in [0.1, 0.15) is 31.8 Å². The molecule has 0 aliphatic rings. The first-order valence-electron chi connectivity index (χ1n) is 8.10. The highest BCUT2D eigenvalue weighted by Gasteiger charge is 2.69. The van der Waals surface area contributed by atoms with Gasteiger partial charge in [-0.1, -0.05) is 47.5 Å². The fourth-order valence-corrected chi connectivity index (χ4v) is 2.82. The summed E-state index contributed by atoms with van der Waals surface area (Å²) in [5.74, 6) is -8.00. The average molecular weight is 386 g/mol. The number of aliphatic carboxylic acids is 2. The van der Waals surface area contributed by atoms with Gasteiger partial charge in [-0.3, -0.25) is 9.59 Å². The number of carboxylic acids is 2. The molecule has 0 amide bonds. The molecule has 28 heavy (non-hydrogen) atoms. The number of Topliss-reactive ketones (excluding diaryl/α,β-unsaturated/α-hetero) is 2. The van der Waals surface area contributed by atoms with Crippen molar-refractivity contribution in [2.75, 3.05) is 0 Å². The zero-order valence-corrected chi connectivity index (χ0v) is 15.0. The van der Waals surface area contributed by atoms with Crippen molar-refractivity contribution in [2.24, 2.45) is 0 Å². The van der Waals surface area contributed by atoms with Gasteiger partial charge < -0.3 is 20.4 Å². The number of benzene rings is 2. The van der Waals surface area contributed by atoms with Crippen LogP contribution >= 0.6 is 0 Å². The minimum atomic E-state index is -3.96. The van der Waals surface area contributed by atoms with Crippen LogP contribution in [-0.2, 0) is 9.59 Å². The summed E-state index contributed by atoms with van der Waals surface area (Å²) >= 11 is 0. The van der Waals surface area contributed by atoms with Gasteiger partial charge in [0.1, 0.15) is 0 Å². The van der Waals surface area contributed by atoms with Crippen LogP contribution in [0.4, 0.5) is 0 Å². The summed E-state index contributed by atoms with van der Waals surface area (Å²) in [6.45, 7) is 3.16. The van der Waals surface area contributed by atoms with E-state index in [-0.39, 0.29) is 11.1 Å². The molecule has 0 saturated carbocycles. The number of aryl methyl sites for hydroxylation is 2. The molecule has 8 nitrogen and oxygen atoms in total. The molecular weight excluding hydrogens is 368 g/mol. The van der Waals surface area contributed by atoms with Gasteiger partial charge in [0.25, 0.3) is 11.2 Å². The normalized spacial score (nSPS) is 15.1. The predicted octanol–water partition coefficient (Wildman–Crippen LogP) is 1.00. The first-order valence-corrected chi connectivity index (χ1v) is 8.10. The van der Waals surface area contributed by atoms with Crippen molar-refractivity contribution in [1.82, 2.24) is 0 Å². The molecule has 0 saturated heterocycles. The van der Waals surface area contributed by atoms with Gasteiger partial charge >= 0.3 is 11.9 Å². The lowest BCUT2D eigenvalue weighted by Gasteiger charge is -2.34. The summed E-state index contributed by atoms with van der Waals surface area (Å²) in [4.78, 5) is 49.3. The summed E-state index contributed by atoms with van der Waals surface area (Å²) in [7, 11) is 0. The summed E-state index contributed by atoms with van der Waals surface area (Å²) in [5.41, 5.74) is -7.64. The van der Waals surface area contributed by atoms with E-state index < -0.39 is 34.7 Å². The molecule has 146 valence electrons. The SMILES string of the molecule is Cc1cccc(C(=O)[C@](O)(C(=O)O)[C@@](O)(C(=O)O)C(=O)c2cccc(C)c2)c1. The maximum Gasteiger partial charge on any atom is 0.348 e. The molecule has 2 rings (SSSR count). The lowest BCUT2D eigenvalue weighted by molar-refractivity contribution is -0.187. The Kier molecular flexibility index (Phi) is 5.49. The van der Waals surface area contributed by atoms with Crippen molar-refractivity contribution < 1.29 is 39.6 Å². The third kappa shape index (κ3) is 3.19. The van der Waals surface area contributed by atoms with E-state index in [9.17, 15) is 39.6 Å². The fourth-order valence-electron chi connectivity index (χ4n) is 2.82. The number of ketones is 2. The molecule has 2 aromatic carbocycles. The Morgan fingerprint density at radius 1 is 0.679 bits per heavy atom. The quantitative estimate of drug-likeness (QED) is 0.407. The molecule has 0 aromatic heterocycles. The van der Waals surface area contributed by atoms with Gasteiger partial charge in [0.15, 0.2) is 0 Å². The molecule has 4 N–H and O–H groups in total. The number of carbonyl (C=O) groups is 4. The van der Waals surface area contributed by atoms with Gasteiger partial charge in [-0.25, -0.2) is 9.59 Å². The molecule has 0 aliphatic carbocycles. The monoisotopic (exact) mass is 386 g/mol. The van der Waals surface area contributed by atoms with E-state index in [1.165, 1.54) is 24.3 Å². The topological polar surface area (TPSA) is 149 Å². The van der Waals surface area contributed by atoms with E-state index in [4.69, 9.17) is 0 Å². The Morgan fingerprint density at radius 3 is 1.25 bits per heavy atom. The van der Waals surface area contributed by atoms with Crippen LogP contribution in [0.2, 0.25) is 0 Å². The predicted molar refractivity (Wildman–Crippen MR) is 96.2 cm³/mol. The van der Waals surface area contributed by atoms with E-state index in [1.807, 2.05) is 0 Å². The van der Waals surface area contributed by atoms with Gasteiger partial charge in [-0.05, 0) is 26.0 Å². The Hall–Kier alpha value is -3.36. The molecular formula is C20H18O8. The van der Waals surface area contributed by atoms with Crippen LogP contribution in [0, 0.1) is 13.8 Å². The van der Waals surface area contributed by atoms with Crippen molar-refractivity contribution in [1.29, 1.82) is 0 Å². The third-order valence-electron chi connectivity index (χ3n) is 4.36. The van der Waals surface area contributed by atoms with E-state index in [0.29, 0.717) is 11.1 Å². The van der Waals surface area contributed by atoms with Crippen molar-refractivity contribution >= 4 is 23.5 Å². The standard InChI is InChI=1S/C20H18O8/c1-11-5-3-7-13(9-11)15(21)19(27,17(23)24)20(28,18(25)26)16(22)14-8-4-6-12(2)10-14/h3-10,27-28H,1-2H3,(H,23,24)(H,25,26)/t19-,20-/m0/s1. The van der Waals surface area contributed by atoms with E-state index >= 15 is 0 Å². The van der Waals surface area contributed by atoms with E-state index in [0.717, 1.165) is 12.1 Å². The van der Waals surface area contributed by atoms with Crippen LogP contribution < -0.4 is 0 Å². The van der Waals surface area contributed by atoms with Crippen LogP contribution in [0.15, 0.2) is 48.5 Å². The van der Waals surface area contributed by atoms with Gasteiger partial charge in [-0.2, -0.15) is 0 Å². The Morgan fingerprint density at radius 2 is 1.00 bits per heavy atom. The molecule has 0 spiro atoms. The van der Waals surface area contributed by atoms with Crippen molar-refractivity contribution in [3.8, 4) is 0 Å². The van der Waals surface area contributed by atoms with Gasteiger partial charge in [0.05, 0.1) is 0 Å².